The summed E-state index contributed by atoms with van der Waals surface area (Å²) in [7, 11) is -7.49. The molecule has 0 aliphatic heterocycles. The molecule has 0 fully saturated rings. The first-order chi connectivity index (χ1) is 12.2. The molecule has 0 saturated carbocycles. The molecule has 136 valence electrons. The highest BCUT2D eigenvalue weighted by Gasteiger charge is 2.20. The van der Waals surface area contributed by atoms with Gasteiger partial charge in [-0.15, -0.1) is 0 Å². The SMILES string of the molecule is CCS(=O)(=O)c1ccc(S(=O)(=O)Oc2ccc3ccccc3c2Br)cc1. The Morgan fingerprint density at radius 1 is 0.846 bits per heavy atom. The predicted molar refractivity (Wildman–Crippen MR) is 104 cm³/mol. The minimum absolute atomic E-state index is 0.0559. The van der Waals surface area contributed by atoms with Crippen molar-refractivity contribution in [3.8, 4) is 5.75 Å². The maximum absolute atomic E-state index is 12.5. The Bertz CT molecular complexity index is 1170. The molecule has 3 aromatic carbocycles. The van der Waals surface area contributed by atoms with Crippen molar-refractivity contribution < 1.29 is 21.0 Å². The van der Waals surface area contributed by atoms with Gasteiger partial charge in [-0.25, -0.2) is 8.42 Å². The van der Waals surface area contributed by atoms with Gasteiger partial charge in [-0.2, -0.15) is 8.42 Å². The van der Waals surface area contributed by atoms with Gasteiger partial charge in [0.2, 0.25) is 0 Å². The van der Waals surface area contributed by atoms with E-state index in [0.717, 1.165) is 10.8 Å². The van der Waals surface area contributed by atoms with E-state index >= 15 is 0 Å². The van der Waals surface area contributed by atoms with Crippen LogP contribution < -0.4 is 4.18 Å². The van der Waals surface area contributed by atoms with E-state index in [1.54, 1.807) is 12.1 Å². The lowest BCUT2D eigenvalue weighted by Crippen LogP contribution is -2.11. The molecule has 0 saturated heterocycles. The Labute approximate surface area is 160 Å². The summed E-state index contributed by atoms with van der Waals surface area (Å²) < 4.78 is 54.5. The van der Waals surface area contributed by atoms with Crippen LogP contribution in [0.25, 0.3) is 10.8 Å². The third-order valence-electron chi connectivity index (χ3n) is 3.88. The molecule has 3 aromatic rings. The highest BCUT2D eigenvalue weighted by molar-refractivity contribution is 9.10. The number of hydrogen-bond donors (Lipinski definition) is 0. The largest absolute Gasteiger partial charge is 0.378 e. The molecule has 3 rings (SSSR count). The van der Waals surface area contributed by atoms with Gasteiger partial charge in [0.05, 0.1) is 15.1 Å². The number of fused-ring (bicyclic) bond motifs is 1. The molecule has 0 heterocycles. The molecule has 0 unspecified atom stereocenters. The maximum atomic E-state index is 12.5. The van der Waals surface area contributed by atoms with Crippen molar-refractivity contribution in [1.29, 1.82) is 0 Å². The molecule has 0 aliphatic rings. The summed E-state index contributed by atoms with van der Waals surface area (Å²) in [6, 6.07) is 15.8. The second-order valence-electron chi connectivity index (χ2n) is 5.51. The first kappa shape index (κ1) is 18.9. The van der Waals surface area contributed by atoms with Crippen LogP contribution >= 0.6 is 15.9 Å². The number of halogens is 1. The van der Waals surface area contributed by atoms with E-state index < -0.39 is 20.0 Å². The van der Waals surface area contributed by atoms with Gasteiger partial charge in [0.15, 0.2) is 15.6 Å². The zero-order chi connectivity index (χ0) is 18.9. The van der Waals surface area contributed by atoms with Gasteiger partial charge in [0.1, 0.15) is 4.90 Å². The second-order valence-corrected chi connectivity index (χ2v) is 10.1. The Morgan fingerprint density at radius 3 is 2.12 bits per heavy atom. The lowest BCUT2D eigenvalue weighted by Gasteiger charge is -2.11. The van der Waals surface area contributed by atoms with E-state index in [4.69, 9.17) is 4.18 Å². The molecule has 0 radical (unpaired) electrons. The van der Waals surface area contributed by atoms with Gasteiger partial charge in [0.25, 0.3) is 0 Å². The van der Waals surface area contributed by atoms with Crippen LogP contribution in [-0.2, 0) is 20.0 Å². The molecule has 0 atom stereocenters. The van der Waals surface area contributed by atoms with Crippen LogP contribution in [0.5, 0.6) is 5.75 Å². The summed E-state index contributed by atoms with van der Waals surface area (Å²) in [6.45, 7) is 1.53. The molecule has 5 nitrogen and oxygen atoms in total. The van der Waals surface area contributed by atoms with Crippen molar-refractivity contribution in [2.75, 3.05) is 5.75 Å². The van der Waals surface area contributed by atoms with Crippen molar-refractivity contribution in [3.63, 3.8) is 0 Å². The first-order valence-electron chi connectivity index (χ1n) is 7.69. The topological polar surface area (TPSA) is 77.5 Å². The van der Waals surface area contributed by atoms with Crippen molar-refractivity contribution >= 4 is 46.7 Å². The summed E-state index contributed by atoms with van der Waals surface area (Å²) in [4.78, 5) is -0.0431. The van der Waals surface area contributed by atoms with E-state index in [-0.39, 0.29) is 21.3 Å². The Balaban J connectivity index is 1.96. The van der Waals surface area contributed by atoms with Crippen molar-refractivity contribution in [3.05, 3.63) is 65.1 Å². The van der Waals surface area contributed by atoms with E-state index in [2.05, 4.69) is 15.9 Å². The number of hydrogen-bond acceptors (Lipinski definition) is 5. The number of rotatable bonds is 5. The molecule has 26 heavy (non-hydrogen) atoms. The van der Waals surface area contributed by atoms with Gasteiger partial charge < -0.3 is 4.18 Å². The molecule has 8 heteroatoms. The van der Waals surface area contributed by atoms with Crippen molar-refractivity contribution in [2.24, 2.45) is 0 Å². The molecule has 0 amide bonds. The van der Waals surface area contributed by atoms with E-state index in [1.807, 2.05) is 24.3 Å². The molecule has 0 bridgehead atoms. The van der Waals surface area contributed by atoms with E-state index in [0.29, 0.717) is 4.47 Å². The maximum Gasteiger partial charge on any atom is 0.339 e. The van der Waals surface area contributed by atoms with Crippen LogP contribution in [-0.4, -0.2) is 22.6 Å². The van der Waals surface area contributed by atoms with Gasteiger partial charge in [-0.3, -0.25) is 0 Å². The highest BCUT2D eigenvalue weighted by Crippen LogP contribution is 2.34. The third kappa shape index (κ3) is 3.62. The molecular weight excluding hydrogens is 440 g/mol. The van der Waals surface area contributed by atoms with Gasteiger partial charge in [0, 0.05) is 0 Å². The van der Waals surface area contributed by atoms with Crippen LogP contribution in [0.15, 0.2) is 74.9 Å². The van der Waals surface area contributed by atoms with Gasteiger partial charge in [-0.05, 0) is 57.0 Å². The van der Waals surface area contributed by atoms with Gasteiger partial charge >= 0.3 is 10.1 Å². The highest BCUT2D eigenvalue weighted by atomic mass is 79.9. The number of benzene rings is 3. The lowest BCUT2D eigenvalue weighted by atomic mass is 10.1. The molecular formula is C18H15BrO5S2. The molecule has 0 N–H and O–H groups in total. The molecule has 0 aliphatic carbocycles. The normalized spacial score (nSPS) is 12.2. The average molecular weight is 455 g/mol. The quantitative estimate of drug-likeness (QED) is 0.540. The van der Waals surface area contributed by atoms with Crippen LogP contribution in [0, 0.1) is 0 Å². The summed E-state index contributed by atoms with van der Waals surface area (Å²) in [5, 5.41) is 1.77. The van der Waals surface area contributed by atoms with E-state index in [1.165, 1.54) is 31.2 Å². The zero-order valence-corrected chi connectivity index (χ0v) is 16.9. The Morgan fingerprint density at radius 2 is 1.46 bits per heavy atom. The average Bonchev–Trinajstić information content (AvgIpc) is 2.64. The summed E-state index contributed by atoms with van der Waals surface area (Å²) >= 11 is 3.39. The first-order valence-corrected chi connectivity index (χ1v) is 11.5. The Hall–Kier alpha value is -1.90. The van der Waals surface area contributed by atoms with Crippen LogP contribution in [0.1, 0.15) is 6.92 Å². The number of sulfone groups is 1. The summed E-state index contributed by atoms with van der Waals surface area (Å²) in [6.07, 6.45) is 0. The fourth-order valence-electron chi connectivity index (χ4n) is 2.42. The van der Waals surface area contributed by atoms with Gasteiger partial charge in [-0.1, -0.05) is 37.3 Å². The summed E-state index contributed by atoms with van der Waals surface area (Å²) in [5.41, 5.74) is 0. The van der Waals surface area contributed by atoms with Crippen molar-refractivity contribution in [1.82, 2.24) is 0 Å². The van der Waals surface area contributed by atoms with Crippen LogP contribution in [0.3, 0.4) is 0 Å². The predicted octanol–water partition coefficient (Wildman–Crippen LogP) is 4.16. The third-order valence-corrected chi connectivity index (χ3v) is 7.70. The minimum atomic E-state index is -4.10. The monoisotopic (exact) mass is 454 g/mol. The standard InChI is InChI=1S/C18H15BrO5S2/c1-2-25(20,21)14-8-10-15(11-9-14)26(22,23)24-17-12-7-13-5-3-4-6-16(13)18(17)19/h3-12H,2H2,1H3. The van der Waals surface area contributed by atoms with Crippen LogP contribution in [0.4, 0.5) is 0 Å². The second kappa shape index (κ2) is 7.02. The fourth-order valence-corrected chi connectivity index (χ4v) is 4.93. The zero-order valence-electron chi connectivity index (χ0n) is 13.7. The summed E-state index contributed by atoms with van der Waals surface area (Å²) in [5.74, 6) is 0.105. The van der Waals surface area contributed by atoms with Crippen molar-refractivity contribution in [2.45, 2.75) is 16.7 Å². The molecule has 0 aromatic heterocycles. The fraction of sp³-hybridized carbons (Fsp3) is 0.111. The van der Waals surface area contributed by atoms with E-state index in [9.17, 15) is 16.8 Å². The minimum Gasteiger partial charge on any atom is -0.378 e. The molecule has 0 spiro atoms. The Kier molecular flexibility index (Phi) is 5.09. The smallest absolute Gasteiger partial charge is 0.339 e. The lowest BCUT2D eigenvalue weighted by molar-refractivity contribution is 0.485. The van der Waals surface area contributed by atoms with Crippen LogP contribution in [0.2, 0.25) is 0 Å².